The van der Waals surface area contributed by atoms with Gasteiger partial charge in [-0.1, -0.05) is 0 Å². The van der Waals surface area contributed by atoms with Crippen molar-refractivity contribution in [3.63, 3.8) is 0 Å². The molecule has 3 heterocycles. The van der Waals surface area contributed by atoms with Gasteiger partial charge < -0.3 is 9.64 Å². The molecule has 2 aromatic rings. The molecule has 0 bridgehead atoms. The summed E-state index contributed by atoms with van der Waals surface area (Å²) >= 11 is 1.69. The fourth-order valence-electron chi connectivity index (χ4n) is 2.73. The number of carbonyl (C=O) groups is 1. The minimum Gasteiger partial charge on any atom is -0.481 e. The van der Waals surface area contributed by atoms with Crippen LogP contribution in [0.3, 0.4) is 0 Å². The van der Waals surface area contributed by atoms with Crippen LogP contribution in [0.2, 0.25) is 0 Å². The smallest absolute Gasteiger partial charge is 0.255 e. The highest BCUT2D eigenvalue weighted by molar-refractivity contribution is 7.09. The van der Waals surface area contributed by atoms with E-state index < -0.39 is 0 Å². The molecule has 0 radical (unpaired) electrons. The van der Waals surface area contributed by atoms with Gasteiger partial charge in [0.2, 0.25) is 5.88 Å². The molecule has 1 atom stereocenters. The summed E-state index contributed by atoms with van der Waals surface area (Å²) in [5, 5.41) is 3.21. The summed E-state index contributed by atoms with van der Waals surface area (Å²) in [6.45, 7) is 3.54. The van der Waals surface area contributed by atoms with Gasteiger partial charge in [0.1, 0.15) is 0 Å². The molecule has 22 heavy (non-hydrogen) atoms. The summed E-state index contributed by atoms with van der Waals surface area (Å²) in [5.74, 6) is 0.905. The van der Waals surface area contributed by atoms with Gasteiger partial charge in [0.25, 0.3) is 5.91 Å². The molecule has 0 saturated carbocycles. The number of amides is 1. The topological polar surface area (TPSA) is 55.3 Å². The standard InChI is InChI=1S/C16H19N3O2S/c1-11-10-22-15(18-11)13-4-3-7-19(9-13)16(20)12-5-6-14(21-2)17-8-12/h5-6,8,10,13H,3-4,7,9H2,1-2H3. The largest absolute Gasteiger partial charge is 0.481 e. The van der Waals surface area contributed by atoms with Crippen LogP contribution in [0.1, 0.15) is 39.8 Å². The van der Waals surface area contributed by atoms with Crippen LogP contribution in [0.5, 0.6) is 5.88 Å². The molecule has 1 saturated heterocycles. The quantitative estimate of drug-likeness (QED) is 0.873. The second-order valence-corrected chi connectivity index (χ2v) is 6.40. The number of thiazole rings is 1. The number of pyridine rings is 1. The third kappa shape index (κ3) is 3.11. The predicted octanol–water partition coefficient (Wildman–Crippen LogP) is 2.87. The molecule has 0 aromatic carbocycles. The van der Waals surface area contributed by atoms with Crippen LogP contribution >= 0.6 is 11.3 Å². The first-order chi connectivity index (χ1) is 10.7. The lowest BCUT2D eigenvalue weighted by Gasteiger charge is -2.31. The minimum absolute atomic E-state index is 0.0353. The summed E-state index contributed by atoms with van der Waals surface area (Å²) in [6, 6.07) is 3.49. The first-order valence-corrected chi connectivity index (χ1v) is 8.26. The van der Waals surface area contributed by atoms with E-state index in [4.69, 9.17) is 4.74 Å². The molecule has 3 rings (SSSR count). The number of aryl methyl sites for hydroxylation is 1. The summed E-state index contributed by atoms with van der Waals surface area (Å²) < 4.78 is 5.03. The number of carbonyl (C=O) groups excluding carboxylic acids is 1. The summed E-state index contributed by atoms with van der Waals surface area (Å²) in [6.07, 6.45) is 3.69. The van der Waals surface area contributed by atoms with Crippen molar-refractivity contribution >= 4 is 17.2 Å². The lowest BCUT2D eigenvalue weighted by molar-refractivity contribution is 0.0706. The van der Waals surface area contributed by atoms with Gasteiger partial charge in [-0.05, 0) is 25.8 Å². The van der Waals surface area contributed by atoms with E-state index in [9.17, 15) is 4.79 Å². The molecule has 0 spiro atoms. The SMILES string of the molecule is COc1ccc(C(=O)N2CCCC(c3nc(C)cs3)C2)cn1. The normalized spacial score (nSPS) is 18.3. The van der Waals surface area contributed by atoms with E-state index in [1.807, 2.05) is 11.8 Å². The number of likely N-dealkylation sites (tertiary alicyclic amines) is 1. The lowest BCUT2D eigenvalue weighted by atomic mass is 9.98. The van der Waals surface area contributed by atoms with Gasteiger partial charge in [0, 0.05) is 42.3 Å². The molecule has 6 heteroatoms. The fraction of sp³-hybridized carbons (Fsp3) is 0.438. The molecule has 1 amide bonds. The highest BCUT2D eigenvalue weighted by Crippen LogP contribution is 2.29. The maximum Gasteiger partial charge on any atom is 0.255 e. The van der Waals surface area contributed by atoms with E-state index in [2.05, 4.69) is 15.3 Å². The molecular formula is C16H19N3O2S. The van der Waals surface area contributed by atoms with E-state index in [0.717, 1.165) is 36.6 Å². The van der Waals surface area contributed by atoms with E-state index in [1.54, 1.807) is 36.8 Å². The second-order valence-electron chi connectivity index (χ2n) is 5.51. The highest BCUT2D eigenvalue weighted by Gasteiger charge is 2.27. The molecule has 0 aliphatic carbocycles. The number of rotatable bonds is 3. The van der Waals surface area contributed by atoms with Crippen molar-refractivity contribution in [2.24, 2.45) is 0 Å². The number of hydrogen-bond donors (Lipinski definition) is 0. The molecule has 5 nitrogen and oxygen atoms in total. The predicted molar refractivity (Wildman–Crippen MR) is 85.5 cm³/mol. The first-order valence-electron chi connectivity index (χ1n) is 7.38. The molecule has 1 fully saturated rings. The zero-order valence-electron chi connectivity index (χ0n) is 12.8. The summed E-state index contributed by atoms with van der Waals surface area (Å²) in [5.41, 5.74) is 1.67. The number of methoxy groups -OCH3 is 1. The van der Waals surface area contributed by atoms with Crippen molar-refractivity contribution in [2.75, 3.05) is 20.2 Å². The zero-order chi connectivity index (χ0) is 15.5. The van der Waals surface area contributed by atoms with E-state index >= 15 is 0 Å². The van der Waals surface area contributed by atoms with Crippen LogP contribution in [0.15, 0.2) is 23.7 Å². The highest BCUT2D eigenvalue weighted by atomic mass is 32.1. The third-order valence-electron chi connectivity index (χ3n) is 3.89. The Morgan fingerprint density at radius 1 is 1.45 bits per heavy atom. The molecule has 1 aliphatic rings. The number of ether oxygens (including phenoxy) is 1. The van der Waals surface area contributed by atoms with Gasteiger partial charge in [-0.25, -0.2) is 9.97 Å². The zero-order valence-corrected chi connectivity index (χ0v) is 13.6. The summed E-state index contributed by atoms with van der Waals surface area (Å²) in [4.78, 5) is 23.2. The fourth-order valence-corrected chi connectivity index (χ4v) is 3.66. The Morgan fingerprint density at radius 2 is 2.32 bits per heavy atom. The van der Waals surface area contributed by atoms with Gasteiger partial charge in [0.05, 0.1) is 17.7 Å². The number of aromatic nitrogens is 2. The Kier molecular flexibility index (Phi) is 4.38. The lowest BCUT2D eigenvalue weighted by Crippen LogP contribution is -2.39. The molecule has 0 N–H and O–H groups in total. The molecule has 116 valence electrons. The average molecular weight is 317 g/mol. The van der Waals surface area contributed by atoms with Crippen LogP contribution in [0.25, 0.3) is 0 Å². The molecule has 1 aliphatic heterocycles. The third-order valence-corrected chi connectivity index (χ3v) is 5.01. The molecule has 1 unspecified atom stereocenters. The van der Waals surface area contributed by atoms with Gasteiger partial charge in [0.15, 0.2) is 0 Å². The van der Waals surface area contributed by atoms with Crippen LogP contribution in [0, 0.1) is 6.92 Å². The van der Waals surface area contributed by atoms with E-state index in [1.165, 1.54) is 0 Å². The first kappa shape index (κ1) is 15.0. The Hall–Kier alpha value is -1.95. The summed E-state index contributed by atoms with van der Waals surface area (Å²) in [7, 11) is 1.56. The number of nitrogens with zero attached hydrogens (tertiary/aromatic N) is 3. The van der Waals surface area contributed by atoms with Crippen molar-refractivity contribution < 1.29 is 9.53 Å². The van der Waals surface area contributed by atoms with E-state index in [0.29, 0.717) is 17.4 Å². The molecular weight excluding hydrogens is 298 g/mol. The Bertz CT molecular complexity index is 654. The number of hydrogen-bond acceptors (Lipinski definition) is 5. The Morgan fingerprint density at radius 3 is 2.95 bits per heavy atom. The Labute approximate surface area is 134 Å². The Balaban J connectivity index is 1.71. The van der Waals surface area contributed by atoms with Gasteiger partial charge in [-0.3, -0.25) is 4.79 Å². The molecule has 2 aromatic heterocycles. The van der Waals surface area contributed by atoms with Crippen molar-refractivity contribution in [1.82, 2.24) is 14.9 Å². The van der Waals surface area contributed by atoms with E-state index in [-0.39, 0.29) is 5.91 Å². The van der Waals surface area contributed by atoms with Crippen molar-refractivity contribution in [3.8, 4) is 5.88 Å². The number of piperidine rings is 1. The van der Waals surface area contributed by atoms with Crippen molar-refractivity contribution in [2.45, 2.75) is 25.7 Å². The average Bonchev–Trinajstić information content (AvgIpc) is 3.01. The monoisotopic (exact) mass is 317 g/mol. The van der Waals surface area contributed by atoms with Gasteiger partial charge >= 0.3 is 0 Å². The van der Waals surface area contributed by atoms with Crippen LogP contribution in [-0.4, -0.2) is 41.0 Å². The van der Waals surface area contributed by atoms with Crippen LogP contribution < -0.4 is 4.74 Å². The maximum absolute atomic E-state index is 12.6. The minimum atomic E-state index is 0.0353. The van der Waals surface area contributed by atoms with Gasteiger partial charge in [-0.15, -0.1) is 11.3 Å². The van der Waals surface area contributed by atoms with Crippen LogP contribution in [0.4, 0.5) is 0 Å². The van der Waals surface area contributed by atoms with Crippen molar-refractivity contribution in [1.29, 1.82) is 0 Å². The second kappa shape index (κ2) is 6.44. The van der Waals surface area contributed by atoms with Crippen LogP contribution in [-0.2, 0) is 0 Å². The maximum atomic E-state index is 12.6. The van der Waals surface area contributed by atoms with Crippen molar-refractivity contribution in [3.05, 3.63) is 40.0 Å². The van der Waals surface area contributed by atoms with Gasteiger partial charge in [-0.2, -0.15) is 0 Å².